The standard InChI is InChI=1S/C15H12N2O4.C11H17NO.C8H10/c18-14-12-7-6-11(8-13(12)21-17-14)16-15(19)20-9-10-4-2-1-3-5-10;1-6-11(12-10(5)13)7-9(4)8(2)3;1-2-8-6-4-3-5-7-8/h1-8H,9H2,(H,16,19)(H,17,18);6-7H,2H2,1,3-5H3,(H,12,13);3-7H,2H2,1H3/b;9-7-,11-6+;. The molecule has 2 amide bonds. The van der Waals surface area contributed by atoms with E-state index >= 15 is 0 Å². The lowest BCUT2D eigenvalue weighted by atomic mass is 10.1. The Morgan fingerprint density at radius 3 is 2.10 bits per heavy atom. The molecular formula is C34H39N3O5. The minimum Gasteiger partial charge on any atom is -0.444 e. The van der Waals surface area contributed by atoms with Crippen LogP contribution in [0.15, 0.2) is 124 Å². The topological polar surface area (TPSA) is 113 Å². The fraction of sp³-hybridized carbons (Fsp3) is 0.206. The molecule has 42 heavy (non-hydrogen) atoms. The van der Waals surface area contributed by atoms with E-state index in [1.807, 2.05) is 69.3 Å². The maximum absolute atomic E-state index is 11.7. The van der Waals surface area contributed by atoms with Gasteiger partial charge >= 0.3 is 6.09 Å². The van der Waals surface area contributed by atoms with Crippen molar-refractivity contribution in [3.8, 4) is 0 Å². The van der Waals surface area contributed by atoms with E-state index in [2.05, 4.69) is 53.6 Å². The Morgan fingerprint density at radius 2 is 1.57 bits per heavy atom. The van der Waals surface area contributed by atoms with Crippen LogP contribution in [0, 0.1) is 0 Å². The van der Waals surface area contributed by atoms with Crippen molar-refractivity contribution in [1.29, 1.82) is 0 Å². The van der Waals surface area contributed by atoms with Crippen LogP contribution in [0.3, 0.4) is 0 Å². The predicted molar refractivity (Wildman–Crippen MR) is 169 cm³/mol. The molecule has 0 radical (unpaired) electrons. The van der Waals surface area contributed by atoms with E-state index in [4.69, 9.17) is 9.26 Å². The number of carbonyl (C=O) groups is 2. The van der Waals surface area contributed by atoms with Gasteiger partial charge in [0.15, 0.2) is 5.58 Å². The number of hydrogen-bond donors (Lipinski definition) is 3. The third-order valence-electron chi connectivity index (χ3n) is 5.87. The summed E-state index contributed by atoms with van der Waals surface area (Å²) in [7, 11) is 0. The molecule has 0 aliphatic heterocycles. The summed E-state index contributed by atoms with van der Waals surface area (Å²) in [6.45, 7) is 13.4. The van der Waals surface area contributed by atoms with Crippen LogP contribution >= 0.6 is 0 Å². The highest BCUT2D eigenvalue weighted by molar-refractivity contribution is 5.88. The van der Waals surface area contributed by atoms with Crippen LogP contribution in [0.5, 0.6) is 0 Å². The summed E-state index contributed by atoms with van der Waals surface area (Å²) in [6.07, 6.45) is 4.33. The highest BCUT2D eigenvalue weighted by Gasteiger charge is 2.08. The van der Waals surface area contributed by atoms with E-state index in [0.717, 1.165) is 28.8 Å². The lowest BCUT2D eigenvalue weighted by Gasteiger charge is -2.06. The molecule has 4 rings (SSSR count). The first-order valence-corrected chi connectivity index (χ1v) is 13.5. The Morgan fingerprint density at radius 1 is 0.952 bits per heavy atom. The van der Waals surface area contributed by atoms with Crippen molar-refractivity contribution in [3.63, 3.8) is 0 Å². The van der Waals surface area contributed by atoms with Crippen molar-refractivity contribution in [2.75, 3.05) is 5.32 Å². The summed E-state index contributed by atoms with van der Waals surface area (Å²) < 4.78 is 10.1. The van der Waals surface area contributed by atoms with E-state index in [9.17, 15) is 14.4 Å². The zero-order valence-corrected chi connectivity index (χ0v) is 24.8. The van der Waals surface area contributed by atoms with Crippen molar-refractivity contribution >= 4 is 28.7 Å². The third-order valence-corrected chi connectivity index (χ3v) is 5.87. The van der Waals surface area contributed by atoms with Gasteiger partial charge in [0.2, 0.25) is 5.91 Å². The molecule has 4 aromatic rings. The molecule has 8 heteroatoms. The van der Waals surface area contributed by atoms with E-state index in [0.29, 0.717) is 16.7 Å². The lowest BCUT2D eigenvalue weighted by molar-refractivity contribution is -0.118. The molecule has 0 saturated carbocycles. The van der Waals surface area contributed by atoms with E-state index in [1.54, 1.807) is 18.2 Å². The lowest BCUT2D eigenvalue weighted by Crippen LogP contribution is -2.17. The number of aryl methyl sites for hydroxylation is 1. The summed E-state index contributed by atoms with van der Waals surface area (Å²) in [5, 5.41) is 7.95. The first-order chi connectivity index (χ1) is 20.1. The molecule has 0 bridgehead atoms. The minimum atomic E-state index is -0.573. The van der Waals surface area contributed by atoms with Crippen LogP contribution < -0.4 is 16.2 Å². The number of aromatic amines is 1. The number of H-pyrrole nitrogens is 1. The predicted octanol–water partition coefficient (Wildman–Crippen LogP) is 7.67. The third kappa shape index (κ3) is 12.0. The normalized spacial score (nSPS) is 10.9. The van der Waals surface area contributed by atoms with Gasteiger partial charge < -0.3 is 14.6 Å². The van der Waals surface area contributed by atoms with Crippen LogP contribution in [0.4, 0.5) is 10.5 Å². The summed E-state index contributed by atoms with van der Waals surface area (Å²) in [4.78, 5) is 33.8. The Hall–Kier alpha value is -5.11. The molecule has 0 unspecified atom stereocenters. The van der Waals surface area contributed by atoms with Gasteiger partial charge in [0.25, 0.3) is 5.56 Å². The van der Waals surface area contributed by atoms with Crippen molar-refractivity contribution in [2.45, 2.75) is 47.6 Å². The van der Waals surface area contributed by atoms with Crippen LogP contribution in [0.25, 0.3) is 11.0 Å². The number of rotatable bonds is 7. The Labute approximate surface area is 246 Å². The molecule has 0 spiro atoms. The largest absolute Gasteiger partial charge is 0.444 e. The van der Waals surface area contributed by atoms with E-state index < -0.39 is 6.09 Å². The number of amides is 2. The molecule has 220 valence electrons. The number of benzene rings is 3. The zero-order valence-electron chi connectivity index (χ0n) is 24.8. The van der Waals surface area contributed by atoms with Gasteiger partial charge in [0, 0.05) is 24.4 Å². The summed E-state index contributed by atoms with van der Waals surface area (Å²) in [6, 6.07) is 24.6. The molecule has 0 fully saturated rings. The molecule has 1 aromatic heterocycles. The number of anilines is 1. The van der Waals surface area contributed by atoms with Crippen LogP contribution in [-0.2, 0) is 22.6 Å². The van der Waals surface area contributed by atoms with Crippen LogP contribution in [0.2, 0.25) is 0 Å². The maximum Gasteiger partial charge on any atom is 0.411 e. The highest BCUT2D eigenvalue weighted by Crippen LogP contribution is 2.16. The van der Waals surface area contributed by atoms with Crippen molar-refractivity contribution in [2.24, 2.45) is 0 Å². The number of carbonyl (C=O) groups excluding carboxylic acids is 2. The van der Waals surface area contributed by atoms with Gasteiger partial charge in [-0.15, -0.1) is 0 Å². The second-order valence-electron chi connectivity index (χ2n) is 9.30. The van der Waals surface area contributed by atoms with Gasteiger partial charge in [-0.2, -0.15) is 5.16 Å². The zero-order chi connectivity index (χ0) is 30.9. The summed E-state index contributed by atoms with van der Waals surface area (Å²) in [5.41, 5.74) is 5.76. The molecule has 0 aliphatic carbocycles. The van der Waals surface area contributed by atoms with Gasteiger partial charge in [-0.3, -0.25) is 14.9 Å². The van der Waals surface area contributed by atoms with Gasteiger partial charge in [-0.05, 0) is 62.1 Å². The minimum absolute atomic E-state index is 0.0566. The average Bonchev–Trinajstić information content (AvgIpc) is 3.36. The second-order valence-corrected chi connectivity index (χ2v) is 9.30. The van der Waals surface area contributed by atoms with Crippen molar-refractivity contribution in [1.82, 2.24) is 10.5 Å². The van der Waals surface area contributed by atoms with Crippen LogP contribution in [0.1, 0.15) is 45.7 Å². The number of nitrogens with one attached hydrogen (secondary N) is 3. The van der Waals surface area contributed by atoms with Gasteiger partial charge in [-0.1, -0.05) is 85.8 Å². The number of aromatic nitrogens is 1. The Balaban J connectivity index is 0.000000250. The van der Waals surface area contributed by atoms with Gasteiger partial charge in [-0.25, -0.2) is 4.79 Å². The summed E-state index contributed by atoms with van der Waals surface area (Å²) >= 11 is 0. The molecule has 3 aromatic carbocycles. The molecule has 0 saturated heterocycles. The number of allylic oxidation sites excluding steroid dienone is 4. The average molecular weight is 570 g/mol. The number of fused-ring (bicyclic) bond motifs is 1. The molecular weight excluding hydrogens is 530 g/mol. The maximum atomic E-state index is 11.7. The number of ether oxygens (including phenoxy) is 1. The molecule has 0 atom stereocenters. The van der Waals surface area contributed by atoms with E-state index in [1.165, 1.54) is 12.5 Å². The molecule has 1 heterocycles. The van der Waals surface area contributed by atoms with E-state index in [-0.39, 0.29) is 18.1 Å². The van der Waals surface area contributed by atoms with Crippen molar-refractivity contribution in [3.05, 3.63) is 136 Å². The first kappa shape index (κ1) is 33.1. The van der Waals surface area contributed by atoms with Crippen LogP contribution in [-0.4, -0.2) is 17.2 Å². The van der Waals surface area contributed by atoms with Gasteiger partial charge in [0.1, 0.15) is 6.61 Å². The molecule has 0 aliphatic rings. The number of hydrogen-bond acceptors (Lipinski definition) is 5. The monoisotopic (exact) mass is 569 g/mol. The molecule has 3 N–H and O–H groups in total. The molecule has 8 nitrogen and oxygen atoms in total. The SMILES string of the molecule is C=C(C)/C(C)=C\C(=C/C)NC(C)=O.CCc1ccccc1.O=C(Nc1ccc2c(=O)[nH]oc2c1)OCc1ccccc1. The Kier molecular flexibility index (Phi) is 13.8. The smallest absolute Gasteiger partial charge is 0.411 e. The fourth-order valence-electron chi connectivity index (χ4n) is 3.37. The fourth-order valence-corrected chi connectivity index (χ4v) is 3.37. The summed E-state index contributed by atoms with van der Waals surface area (Å²) in [5.74, 6) is -0.0566. The quantitative estimate of drug-likeness (QED) is 0.198. The first-order valence-electron chi connectivity index (χ1n) is 13.5. The van der Waals surface area contributed by atoms with Crippen molar-refractivity contribution < 1.29 is 18.8 Å². The second kappa shape index (κ2) is 17.6. The Bertz CT molecular complexity index is 1570. The highest BCUT2D eigenvalue weighted by atomic mass is 16.5. The van der Waals surface area contributed by atoms with Gasteiger partial charge in [0.05, 0.1) is 5.39 Å².